The number of rotatable bonds is 3. The van der Waals surface area contributed by atoms with E-state index in [9.17, 15) is 22.8 Å². The highest BCUT2D eigenvalue weighted by atomic mass is 19.4. The van der Waals surface area contributed by atoms with Gasteiger partial charge in [0, 0.05) is 37.2 Å². The number of aromatic nitrogens is 2. The fraction of sp³-hybridized carbons (Fsp3) is 0.208. The van der Waals surface area contributed by atoms with Crippen LogP contribution in [0.1, 0.15) is 22.4 Å². The maximum atomic E-state index is 12.8. The van der Waals surface area contributed by atoms with Crippen molar-refractivity contribution >= 4 is 11.0 Å². The van der Waals surface area contributed by atoms with Crippen molar-refractivity contribution in [3.63, 3.8) is 0 Å². The first-order valence-corrected chi connectivity index (χ1v) is 10.3. The number of nitrogens with zero attached hydrogens (tertiary/aromatic N) is 2. The van der Waals surface area contributed by atoms with Gasteiger partial charge in [-0.2, -0.15) is 13.2 Å². The van der Waals surface area contributed by atoms with Gasteiger partial charge in [0.25, 0.3) is 5.56 Å². The monoisotopic (exact) mass is 453 g/mol. The second-order valence-corrected chi connectivity index (χ2v) is 7.96. The molecule has 0 radical (unpaired) electrons. The lowest BCUT2D eigenvalue weighted by Gasteiger charge is -2.27. The van der Waals surface area contributed by atoms with Crippen LogP contribution in [0.15, 0.2) is 68.8 Å². The number of halogens is 3. The molecule has 0 atom stereocenters. The van der Waals surface area contributed by atoms with Crippen LogP contribution in [-0.4, -0.2) is 21.4 Å². The van der Waals surface area contributed by atoms with Crippen LogP contribution >= 0.6 is 0 Å². The number of para-hydroxylation sites is 1. The van der Waals surface area contributed by atoms with E-state index in [1.165, 1.54) is 18.4 Å². The molecule has 1 aliphatic heterocycles. The number of nitrogens with one attached hydrogen (secondary N) is 1. The molecule has 0 spiro atoms. The molecule has 168 valence electrons. The van der Waals surface area contributed by atoms with Crippen LogP contribution in [0.3, 0.4) is 0 Å². The van der Waals surface area contributed by atoms with Gasteiger partial charge in [-0.25, -0.2) is 4.98 Å². The van der Waals surface area contributed by atoms with E-state index in [1.807, 2.05) is 4.90 Å². The molecule has 5 rings (SSSR count). The first-order chi connectivity index (χ1) is 15.8. The second kappa shape index (κ2) is 8.00. The van der Waals surface area contributed by atoms with Gasteiger partial charge in [0.2, 0.25) is 0 Å². The number of aromatic amines is 1. The Morgan fingerprint density at radius 1 is 1.06 bits per heavy atom. The van der Waals surface area contributed by atoms with E-state index in [1.54, 1.807) is 24.3 Å². The van der Waals surface area contributed by atoms with Gasteiger partial charge in [0.1, 0.15) is 11.4 Å². The van der Waals surface area contributed by atoms with Gasteiger partial charge in [-0.05, 0) is 24.3 Å². The van der Waals surface area contributed by atoms with E-state index in [-0.39, 0.29) is 16.8 Å². The van der Waals surface area contributed by atoms with Crippen molar-refractivity contribution in [2.75, 3.05) is 6.54 Å². The minimum Gasteiger partial charge on any atom is -0.464 e. The topological polar surface area (TPSA) is 79.2 Å². The summed E-state index contributed by atoms with van der Waals surface area (Å²) in [5.41, 5.74) is 1.31. The van der Waals surface area contributed by atoms with Crippen LogP contribution in [0.4, 0.5) is 13.2 Å². The molecule has 0 saturated carbocycles. The van der Waals surface area contributed by atoms with Gasteiger partial charge in [-0.15, -0.1) is 0 Å². The van der Waals surface area contributed by atoms with Crippen LogP contribution in [0, 0.1) is 0 Å². The van der Waals surface area contributed by atoms with Crippen LogP contribution in [0.25, 0.3) is 22.4 Å². The summed E-state index contributed by atoms with van der Waals surface area (Å²) in [5.74, 6) is 0.232. The average Bonchev–Trinajstić information content (AvgIpc) is 2.81. The van der Waals surface area contributed by atoms with Crippen molar-refractivity contribution in [3.8, 4) is 11.4 Å². The highest BCUT2D eigenvalue weighted by molar-refractivity contribution is 5.76. The zero-order valence-corrected chi connectivity index (χ0v) is 17.3. The van der Waals surface area contributed by atoms with Crippen molar-refractivity contribution in [1.82, 2.24) is 14.9 Å². The van der Waals surface area contributed by atoms with Gasteiger partial charge < -0.3 is 9.40 Å². The van der Waals surface area contributed by atoms with Crippen LogP contribution in [0.2, 0.25) is 0 Å². The van der Waals surface area contributed by atoms with Gasteiger partial charge in [0.15, 0.2) is 5.43 Å². The van der Waals surface area contributed by atoms with Gasteiger partial charge >= 0.3 is 6.18 Å². The molecule has 0 bridgehead atoms. The number of alkyl halides is 3. The zero-order valence-electron chi connectivity index (χ0n) is 17.3. The summed E-state index contributed by atoms with van der Waals surface area (Å²) >= 11 is 0. The Morgan fingerprint density at radius 2 is 1.82 bits per heavy atom. The summed E-state index contributed by atoms with van der Waals surface area (Å²) in [5, 5.41) is 0.508. The molecule has 0 amide bonds. The molecule has 4 aromatic rings. The predicted molar refractivity (Wildman–Crippen MR) is 116 cm³/mol. The minimum absolute atomic E-state index is 0.104. The lowest BCUT2D eigenvalue weighted by atomic mass is 10.0. The van der Waals surface area contributed by atoms with E-state index in [2.05, 4.69) is 9.97 Å². The summed E-state index contributed by atoms with van der Waals surface area (Å²) in [7, 11) is 0. The molecule has 2 aromatic carbocycles. The van der Waals surface area contributed by atoms with E-state index in [0.717, 1.165) is 12.1 Å². The number of hydrogen-bond acceptors (Lipinski definition) is 5. The Hall–Kier alpha value is -3.72. The molecule has 0 aliphatic carbocycles. The summed E-state index contributed by atoms with van der Waals surface area (Å²) in [6.07, 6.45) is -2.50. The van der Waals surface area contributed by atoms with E-state index >= 15 is 0 Å². The molecular formula is C24H18F3N3O3. The zero-order chi connectivity index (χ0) is 23.2. The maximum absolute atomic E-state index is 12.8. The van der Waals surface area contributed by atoms with Crippen molar-refractivity contribution < 1.29 is 17.6 Å². The third-order valence-electron chi connectivity index (χ3n) is 5.78. The summed E-state index contributed by atoms with van der Waals surface area (Å²) < 4.78 is 44.0. The van der Waals surface area contributed by atoms with Crippen molar-refractivity contribution in [2.24, 2.45) is 0 Å². The van der Waals surface area contributed by atoms with E-state index in [0.29, 0.717) is 59.4 Å². The predicted octanol–water partition coefficient (Wildman–Crippen LogP) is 4.12. The molecule has 1 N–H and O–H groups in total. The molecule has 0 unspecified atom stereocenters. The summed E-state index contributed by atoms with van der Waals surface area (Å²) in [4.78, 5) is 34.6. The SMILES string of the molecule is O=c1[nH]c(-c2ccc(C(F)(F)F)cc2)nc2c1CN(Cc1coc3ccccc3c1=O)CC2. The van der Waals surface area contributed by atoms with E-state index in [4.69, 9.17) is 4.42 Å². The van der Waals surface area contributed by atoms with Crippen molar-refractivity contribution in [3.05, 3.63) is 97.8 Å². The molecule has 9 heteroatoms. The fourth-order valence-electron chi connectivity index (χ4n) is 4.04. The highest BCUT2D eigenvalue weighted by Gasteiger charge is 2.30. The molecule has 2 aromatic heterocycles. The molecule has 0 saturated heterocycles. The van der Waals surface area contributed by atoms with E-state index < -0.39 is 11.7 Å². The lowest BCUT2D eigenvalue weighted by molar-refractivity contribution is -0.137. The van der Waals surface area contributed by atoms with Crippen molar-refractivity contribution in [2.45, 2.75) is 25.7 Å². The Bertz CT molecular complexity index is 1460. The fourth-order valence-corrected chi connectivity index (χ4v) is 4.04. The van der Waals surface area contributed by atoms with Gasteiger partial charge in [-0.1, -0.05) is 24.3 Å². The highest BCUT2D eigenvalue weighted by Crippen LogP contribution is 2.30. The Labute approximate surface area is 185 Å². The number of fused-ring (bicyclic) bond motifs is 2. The van der Waals surface area contributed by atoms with Gasteiger partial charge in [-0.3, -0.25) is 14.5 Å². The summed E-state index contributed by atoms with van der Waals surface area (Å²) in [6.45, 7) is 1.20. The number of benzene rings is 2. The maximum Gasteiger partial charge on any atom is 0.416 e. The molecule has 6 nitrogen and oxygen atoms in total. The first kappa shape index (κ1) is 21.1. The first-order valence-electron chi connectivity index (χ1n) is 10.3. The van der Waals surface area contributed by atoms with Crippen molar-refractivity contribution in [1.29, 1.82) is 0 Å². The Kier molecular flexibility index (Phi) is 5.13. The standard InChI is InChI=1S/C24H18F3N3O3/c25-24(26,27)16-7-5-14(6-8-16)22-28-19-9-10-30(12-18(19)23(32)29-22)11-15-13-33-20-4-2-1-3-17(20)21(15)31/h1-8,13H,9-12H2,(H,28,29,32). The van der Waals surface area contributed by atoms with Crippen LogP contribution in [0.5, 0.6) is 0 Å². The smallest absolute Gasteiger partial charge is 0.416 e. The largest absolute Gasteiger partial charge is 0.464 e. The molecule has 0 fully saturated rings. The molecular weight excluding hydrogens is 435 g/mol. The number of H-pyrrole nitrogens is 1. The third kappa shape index (κ3) is 4.07. The van der Waals surface area contributed by atoms with Crippen LogP contribution < -0.4 is 11.0 Å². The summed E-state index contributed by atoms with van der Waals surface area (Å²) in [6, 6.07) is 11.5. The molecule has 1 aliphatic rings. The normalized spacial score (nSPS) is 14.4. The Morgan fingerprint density at radius 3 is 2.58 bits per heavy atom. The quantitative estimate of drug-likeness (QED) is 0.505. The van der Waals surface area contributed by atoms with Crippen LogP contribution in [-0.2, 0) is 25.7 Å². The molecule has 3 heterocycles. The van der Waals surface area contributed by atoms with Gasteiger partial charge in [0.05, 0.1) is 28.5 Å². The minimum atomic E-state index is -4.43. The number of hydrogen-bond donors (Lipinski definition) is 1. The lowest BCUT2D eigenvalue weighted by Crippen LogP contribution is -2.36. The second-order valence-electron chi connectivity index (χ2n) is 7.96. The molecule has 33 heavy (non-hydrogen) atoms. The third-order valence-corrected chi connectivity index (χ3v) is 5.78. The average molecular weight is 453 g/mol. The Balaban J connectivity index is 1.39.